The Kier molecular flexibility index (Phi) is 5.22. The van der Waals surface area contributed by atoms with Crippen molar-refractivity contribution in [3.63, 3.8) is 0 Å². The molecule has 0 unspecified atom stereocenters. The maximum Gasteiger partial charge on any atom is 0.126 e. The molecule has 0 amide bonds. The van der Waals surface area contributed by atoms with Crippen LogP contribution < -0.4 is 10.6 Å². The third-order valence-corrected chi connectivity index (χ3v) is 3.10. The molecule has 2 aromatic carbocycles. The smallest absolute Gasteiger partial charge is 0.126 e. The van der Waals surface area contributed by atoms with Crippen molar-refractivity contribution in [2.45, 2.75) is 13.0 Å². The number of rotatable bonds is 6. The molecule has 0 saturated carbocycles. The van der Waals surface area contributed by atoms with Crippen molar-refractivity contribution >= 4 is 5.69 Å². The molecule has 0 radical (unpaired) electrons. The van der Waals surface area contributed by atoms with Gasteiger partial charge in [-0.2, -0.15) is 0 Å². The lowest BCUT2D eigenvalue weighted by Gasteiger charge is -2.25. The summed E-state index contributed by atoms with van der Waals surface area (Å²) in [6.45, 7) is 1.36. The number of hydrogen-bond acceptors (Lipinski definition) is 2. The minimum absolute atomic E-state index is 0.290. The highest BCUT2D eigenvalue weighted by atomic mass is 19.1. The molecule has 0 fully saturated rings. The van der Waals surface area contributed by atoms with E-state index in [0.717, 1.165) is 6.07 Å². The zero-order valence-electron chi connectivity index (χ0n) is 11.5. The van der Waals surface area contributed by atoms with Crippen molar-refractivity contribution in [2.24, 2.45) is 5.73 Å². The molecule has 0 aliphatic heterocycles. The van der Waals surface area contributed by atoms with E-state index in [1.54, 1.807) is 12.1 Å². The lowest BCUT2D eigenvalue weighted by molar-refractivity contribution is 0.578. The van der Waals surface area contributed by atoms with Crippen LogP contribution in [0, 0.1) is 17.5 Å². The number of nitrogens with zero attached hydrogens (tertiary/aromatic N) is 1. The molecule has 0 aromatic heterocycles. The first-order valence-electron chi connectivity index (χ1n) is 6.74. The van der Waals surface area contributed by atoms with Crippen LogP contribution in [0.15, 0.2) is 42.5 Å². The van der Waals surface area contributed by atoms with Crippen LogP contribution in [0.25, 0.3) is 0 Å². The van der Waals surface area contributed by atoms with Gasteiger partial charge >= 0.3 is 0 Å². The molecular weight excluding hydrogens is 277 g/mol. The van der Waals surface area contributed by atoms with Crippen molar-refractivity contribution in [1.29, 1.82) is 0 Å². The van der Waals surface area contributed by atoms with Gasteiger partial charge in [0, 0.05) is 24.8 Å². The van der Waals surface area contributed by atoms with Crippen molar-refractivity contribution in [3.05, 3.63) is 65.5 Å². The lowest BCUT2D eigenvalue weighted by atomic mass is 10.1. The van der Waals surface area contributed by atoms with Gasteiger partial charge in [0.25, 0.3) is 0 Å². The number of anilines is 1. The fraction of sp³-hybridized carbons (Fsp3) is 0.250. The Morgan fingerprint density at radius 3 is 2.24 bits per heavy atom. The van der Waals surface area contributed by atoms with Crippen LogP contribution >= 0.6 is 0 Å². The van der Waals surface area contributed by atoms with Gasteiger partial charge < -0.3 is 10.6 Å². The summed E-state index contributed by atoms with van der Waals surface area (Å²) in [7, 11) is 0. The number of hydrogen-bond donors (Lipinski definition) is 1. The van der Waals surface area contributed by atoms with Crippen LogP contribution in [0.3, 0.4) is 0 Å². The topological polar surface area (TPSA) is 29.3 Å². The van der Waals surface area contributed by atoms with E-state index >= 15 is 0 Å². The van der Waals surface area contributed by atoms with Crippen molar-refractivity contribution in [2.75, 3.05) is 18.0 Å². The van der Waals surface area contributed by atoms with E-state index in [4.69, 9.17) is 5.73 Å². The molecule has 0 atom stereocenters. The van der Waals surface area contributed by atoms with Crippen LogP contribution in [0.2, 0.25) is 0 Å². The monoisotopic (exact) mass is 294 g/mol. The van der Waals surface area contributed by atoms with Crippen LogP contribution in [0.1, 0.15) is 12.0 Å². The van der Waals surface area contributed by atoms with Crippen LogP contribution in [0.4, 0.5) is 18.9 Å². The molecule has 21 heavy (non-hydrogen) atoms. The van der Waals surface area contributed by atoms with E-state index < -0.39 is 11.6 Å². The molecule has 0 aliphatic carbocycles. The van der Waals surface area contributed by atoms with E-state index in [1.165, 1.54) is 24.3 Å². The fourth-order valence-electron chi connectivity index (χ4n) is 2.18. The second kappa shape index (κ2) is 7.13. The van der Waals surface area contributed by atoms with Crippen molar-refractivity contribution in [1.82, 2.24) is 0 Å². The molecule has 0 spiro atoms. The predicted octanol–water partition coefficient (Wildman–Crippen LogP) is 3.46. The first-order valence-corrected chi connectivity index (χ1v) is 6.74. The third-order valence-electron chi connectivity index (χ3n) is 3.10. The Balaban J connectivity index is 2.23. The summed E-state index contributed by atoms with van der Waals surface area (Å²) in [4.78, 5) is 1.85. The summed E-state index contributed by atoms with van der Waals surface area (Å²) < 4.78 is 39.9. The van der Waals surface area contributed by atoms with E-state index in [0.29, 0.717) is 30.8 Å². The van der Waals surface area contributed by atoms with Gasteiger partial charge in [-0.25, -0.2) is 13.2 Å². The normalized spacial score (nSPS) is 10.7. The van der Waals surface area contributed by atoms with Crippen molar-refractivity contribution < 1.29 is 13.2 Å². The van der Waals surface area contributed by atoms with Gasteiger partial charge in [-0.15, -0.1) is 0 Å². The highest BCUT2D eigenvalue weighted by Crippen LogP contribution is 2.19. The van der Waals surface area contributed by atoms with Gasteiger partial charge in [0.05, 0.1) is 0 Å². The second-order valence-corrected chi connectivity index (χ2v) is 4.82. The third kappa shape index (κ3) is 4.49. The number of nitrogens with two attached hydrogens (primary N) is 1. The molecule has 112 valence electrons. The highest BCUT2D eigenvalue weighted by Gasteiger charge is 2.10. The molecule has 2 rings (SSSR count). The Bertz CT molecular complexity index is 582. The molecule has 0 saturated heterocycles. The van der Waals surface area contributed by atoms with Gasteiger partial charge in [-0.3, -0.25) is 0 Å². The predicted molar refractivity (Wildman–Crippen MR) is 77.5 cm³/mol. The lowest BCUT2D eigenvalue weighted by Crippen LogP contribution is -2.25. The summed E-state index contributed by atoms with van der Waals surface area (Å²) in [5.74, 6) is -1.60. The molecule has 2 aromatic rings. The average Bonchev–Trinajstić information content (AvgIpc) is 2.42. The standard InChI is InChI=1S/C16H17F3N2/c17-13-3-1-4-16(10-13)21(6-2-5-20)11-12-7-14(18)9-15(19)8-12/h1,3-4,7-10H,2,5-6,11,20H2. The Morgan fingerprint density at radius 2 is 1.62 bits per heavy atom. The van der Waals surface area contributed by atoms with Gasteiger partial charge in [0.2, 0.25) is 0 Å². The maximum atomic E-state index is 13.3. The maximum absolute atomic E-state index is 13.3. The molecule has 0 aliphatic rings. The largest absolute Gasteiger partial charge is 0.367 e. The fourth-order valence-corrected chi connectivity index (χ4v) is 2.18. The molecule has 0 heterocycles. The minimum Gasteiger partial charge on any atom is -0.367 e. The average molecular weight is 294 g/mol. The Hall–Kier alpha value is -2.01. The highest BCUT2D eigenvalue weighted by molar-refractivity contribution is 5.47. The second-order valence-electron chi connectivity index (χ2n) is 4.82. The molecular formula is C16H17F3N2. The van der Waals surface area contributed by atoms with E-state index in [2.05, 4.69) is 0 Å². The van der Waals surface area contributed by atoms with Gasteiger partial charge in [0.15, 0.2) is 0 Å². The summed E-state index contributed by atoms with van der Waals surface area (Å²) in [5.41, 5.74) is 6.66. The van der Waals surface area contributed by atoms with Gasteiger partial charge in [-0.05, 0) is 48.9 Å². The number of benzene rings is 2. The summed E-state index contributed by atoms with van der Waals surface area (Å²) in [6.07, 6.45) is 0.703. The Labute approximate surface area is 122 Å². The van der Waals surface area contributed by atoms with E-state index in [1.807, 2.05) is 4.90 Å². The van der Waals surface area contributed by atoms with Crippen LogP contribution in [-0.4, -0.2) is 13.1 Å². The van der Waals surface area contributed by atoms with Crippen molar-refractivity contribution in [3.8, 4) is 0 Å². The molecule has 5 heteroatoms. The zero-order valence-corrected chi connectivity index (χ0v) is 11.5. The molecule has 2 N–H and O–H groups in total. The molecule has 0 bridgehead atoms. The zero-order chi connectivity index (χ0) is 15.2. The number of halogens is 3. The van der Waals surface area contributed by atoms with Gasteiger partial charge in [-0.1, -0.05) is 6.07 Å². The molecule has 2 nitrogen and oxygen atoms in total. The first-order chi connectivity index (χ1) is 10.1. The summed E-state index contributed by atoms with van der Waals surface area (Å²) in [6, 6.07) is 9.49. The first kappa shape index (κ1) is 15.4. The minimum atomic E-state index is -0.622. The van der Waals surface area contributed by atoms with Crippen LogP contribution in [0.5, 0.6) is 0 Å². The summed E-state index contributed by atoms with van der Waals surface area (Å²) >= 11 is 0. The summed E-state index contributed by atoms with van der Waals surface area (Å²) in [5, 5.41) is 0. The van der Waals surface area contributed by atoms with E-state index in [-0.39, 0.29) is 12.4 Å². The van der Waals surface area contributed by atoms with Gasteiger partial charge in [0.1, 0.15) is 17.5 Å². The Morgan fingerprint density at radius 1 is 0.905 bits per heavy atom. The van der Waals surface area contributed by atoms with E-state index in [9.17, 15) is 13.2 Å². The quantitative estimate of drug-likeness (QED) is 0.884. The van der Waals surface area contributed by atoms with Crippen LogP contribution in [-0.2, 0) is 6.54 Å². The SMILES string of the molecule is NCCCN(Cc1cc(F)cc(F)c1)c1cccc(F)c1.